The maximum atomic E-state index is 14.9. The second-order valence-corrected chi connectivity index (χ2v) is 11.9. The highest BCUT2D eigenvalue weighted by Gasteiger charge is 2.73. The van der Waals surface area contributed by atoms with Crippen molar-refractivity contribution in [2.45, 2.75) is 37.8 Å². The number of anilines is 1. The van der Waals surface area contributed by atoms with E-state index in [0.717, 1.165) is 19.2 Å². The third kappa shape index (κ3) is 4.89. The minimum Gasteiger partial charge on any atom is -0.277 e. The van der Waals surface area contributed by atoms with Crippen molar-refractivity contribution in [2.24, 2.45) is 0 Å². The normalized spacial score (nSPS) is 15.3. The van der Waals surface area contributed by atoms with Gasteiger partial charge in [-0.2, -0.15) is 39.5 Å². The van der Waals surface area contributed by atoms with Gasteiger partial charge in [-0.05, 0) is 84.1 Å². The Morgan fingerprint density at radius 1 is 0.500 bits per heavy atom. The van der Waals surface area contributed by atoms with Crippen molar-refractivity contribution in [3.8, 4) is 11.1 Å². The first-order valence-corrected chi connectivity index (χ1v) is 14.5. The van der Waals surface area contributed by atoms with Gasteiger partial charge < -0.3 is 0 Å². The van der Waals surface area contributed by atoms with Gasteiger partial charge in [0.05, 0.1) is 33.5 Å². The van der Waals surface area contributed by atoms with Gasteiger partial charge in [-0.3, -0.25) is 24.1 Å². The van der Waals surface area contributed by atoms with Crippen molar-refractivity contribution in [3.63, 3.8) is 0 Å². The van der Waals surface area contributed by atoms with Crippen LogP contribution in [0.15, 0.2) is 72.8 Å². The Bertz CT molecular complexity index is 2150. The monoisotopic (exact) mass is 704 g/mol. The third-order valence-electron chi connectivity index (χ3n) is 8.93. The summed E-state index contributed by atoms with van der Waals surface area (Å²) >= 11 is 0. The van der Waals surface area contributed by atoms with E-state index in [4.69, 9.17) is 0 Å². The molecule has 50 heavy (non-hydrogen) atoms. The molecule has 0 saturated heterocycles. The number of carbonyl (C=O) groups is 4. The van der Waals surface area contributed by atoms with Crippen LogP contribution in [0, 0.1) is 13.8 Å². The molecule has 0 aliphatic carbocycles. The van der Waals surface area contributed by atoms with E-state index in [1.165, 1.54) is 38.1 Å². The molecule has 6 nitrogen and oxygen atoms in total. The SMILES string of the molecule is Cc1ccc(-c2ccc(N3C(=O)c4ccc(C(c5ccc6c(c5)C(=O)N(C)C6=O)(C(F)(F)F)C(F)(F)F)cc4C3=O)cc2C)c(C(F)(F)F)c1. The molecule has 0 radical (unpaired) electrons. The second kappa shape index (κ2) is 11.0. The molecule has 0 saturated carbocycles. The zero-order chi connectivity index (χ0) is 36.9. The Morgan fingerprint density at radius 2 is 0.960 bits per heavy atom. The number of amides is 4. The molecule has 0 bridgehead atoms. The lowest BCUT2D eigenvalue weighted by Crippen LogP contribution is -2.55. The van der Waals surface area contributed by atoms with Gasteiger partial charge in [-0.15, -0.1) is 0 Å². The number of imide groups is 2. The summed E-state index contributed by atoms with van der Waals surface area (Å²) in [4.78, 5) is 52.8. The molecule has 0 spiro atoms. The van der Waals surface area contributed by atoms with Crippen LogP contribution in [0.1, 0.15) is 69.2 Å². The first-order chi connectivity index (χ1) is 23.1. The van der Waals surface area contributed by atoms with E-state index in [0.29, 0.717) is 51.8 Å². The number of alkyl halides is 9. The lowest BCUT2D eigenvalue weighted by molar-refractivity contribution is -0.288. The fourth-order valence-corrected chi connectivity index (χ4v) is 6.50. The number of halogens is 9. The van der Waals surface area contributed by atoms with Crippen LogP contribution in [-0.4, -0.2) is 47.9 Å². The third-order valence-corrected chi connectivity index (χ3v) is 8.93. The van der Waals surface area contributed by atoms with Crippen molar-refractivity contribution in [2.75, 3.05) is 11.9 Å². The number of benzene rings is 4. The molecule has 2 aliphatic rings. The molecule has 4 aromatic rings. The highest BCUT2D eigenvalue weighted by atomic mass is 19.4. The zero-order valence-electron chi connectivity index (χ0n) is 25.9. The lowest BCUT2D eigenvalue weighted by atomic mass is 9.71. The fraction of sp³-hybridized carbons (Fsp3) is 0.200. The minimum atomic E-state index is -6.13. The van der Waals surface area contributed by atoms with Gasteiger partial charge in [-0.25, -0.2) is 4.90 Å². The molecule has 0 aromatic heterocycles. The van der Waals surface area contributed by atoms with E-state index >= 15 is 0 Å². The van der Waals surface area contributed by atoms with Gasteiger partial charge in [0.2, 0.25) is 5.41 Å². The first-order valence-electron chi connectivity index (χ1n) is 14.5. The van der Waals surface area contributed by atoms with Crippen molar-refractivity contribution in [1.82, 2.24) is 4.90 Å². The Balaban J connectivity index is 1.46. The van der Waals surface area contributed by atoms with E-state index in [-0.39, 0.29) is 22.4 Å². The molecule has 2 aliphatic heterocycles. The van der Waals surface area contributed by atoms with Crippen LogP contribution in [0.25, 0.3) is 11.1 Å². The molecule has 258 valence electrons. The number of fused-ring (bicyclic) bond motifs is 2. The average Bonchev–Trinajstić information content (AvgIpc) is 3.39. The summed E-state index contributed by atoms with van der Waals surface area (Å²) in [6.07, 6.45) is -17.0. The van der Waals surface area contributed by atoms with Crippen LogP contribution in [0.3, 0.4) is 0 Å². The van der Waals surface area contributed by atoms with Crippen LogP contribution < -0.4 is 4.90 Å². The Labute approximate surface area is 276 Å². The lowest BCUT2D eigenvalue weighted by Gasteiger charge is -2.38. The molecule has 15 heteroatoms. The summed E-state index contributed by atoms with van der Waals surface area (Å²) in [6, 6.07) is 10.0. The van der Waals surface area contributed by atoms with Crippen LogP contribution in [0.5, 0.6) is 0 Å². The van der Waals surface area contributed by atoms with Crippen molar-refractivity contribution in [3.05, 3.63) is 123 Å². The fourth-order valence-electron chi connectivity index (χ4n) is 6.50. The highest BCUT2D eigenvalue weighted by Crippen LogP contribution is 2.57. The maximum absolute atomic E-state index is 14.9. The van der Waals surface area contributed by atoms with Gasteiger partial charge in [0.25, 0.3) is 23.6 Å². The first kappa shape index (κ1) is 34.4. The van der Waals surface area contributed by atoms with Crippen LogP contribution in [-0.2, 0) is 11.6 Å². The smallest absolute Gasteiger partial charge is 0.277 e. The number of rotatable bonds is 4. The molecular weight excluding hydrogens is 683 g/mol. The van der Waals surface area contributed by atoms with Crippen molar-refractivity contribution >= 4 is 29.3 Å². The molecule has 0 N–H and O–H groups in total. The second-order valence-electron chi connectivity index (χ2n) is 11.9. The number of aryl methyl sites for hydroxylation is 2. The average molecular weight is 705 g/mol. The van der Waals surface area contributed by atoms with E-state index < -0.39 is 86.5 Å². The summed E-state index contributed by atoms with van der Waals surface area (Å²) in [7, 11) is 1.01. The maximum Gasteiger partial charge on any atom is 0.417 e. The summed E-state index contributed by atoms with van der Waals surface area (Å²) < 4.78 is 131. The minimum absolute atomic E-state index is 0.0980. The van der Waals surface area contributed by atoms with E-state index in [9.17, 15) is 58.7 Å². The van der Waals surface area contributed by atoms with Gasteiger partial charge in [0, 0.05) is 7.05 Å². The quantitative estimate of drug-likeness (QED) is 0.158. The number of hydrogen-bond acceptors (Lipinski definition) is 4. The van der Waals surface area contributed by atoms with Crippen LogP contribution in [0.2, 0.25) is 0 Å². The van der Waals surface area contributed by atoms with Crippen molar-refractivity contribution < 1.29 is 58.7 Å². The summed E-state index contributed by atoms with van der Waals surface area (Å²) in [6.45, 7) is 2.88. The van der Waals surface area contributed by atoms with Gasteiger partial charge in [0.15, 0.2) is 0 Å². The van der Waals surface area contributed by atoms with Crippen molar-refractivity contribution in [1.29, 1.82) is 0 Å². The summed E-state index contributed by atoms with van der Waals surface area (Å²) in [5, 5.41) is 0. The van der Waals surface area contributed by atoms with Crippen LogP contribution >= 0.6 is 0 Å². The molecule has 6 rings (SSSR count). The summed E-state index contributed by atoms with van der Waals surface area (Å²) in [5.74, 6) is -4.41. The molecular formula is C35H21F9N2O4. The van der Waals surface area contributed by atoms with E-state index in [1.54, 1.807) is 0 Å². The molecule has 0 fully saturated rings. The predicted octanol–water partition coefficient (Wildman–Crippen LogP) is 8.43. The topological polar surface area (TPSA) is 74.8 Å². The number of nitrogens with zero attached hydrogens (tertiary/aromatic N) is 2. The van der Waals surface area contributed by atoms with E-state index in [1.807, 2.05) is 0 Å². The number of hydrogen-bond donors (Lipinski definition) is 0. The summed E-state index contributed by atoms with van der Waals surface area (Å²) in [5.41, 5.74) is -10.9. The molecule has 0 unspecified atom stereocenters. The Morgan fingerprint density at radius 3 is 1.48 bits per heavy atom. The number of carbonyl (C=O) groups excluding carboxylic acids is 4. The molecule has 2 heterocycles. The zero-order valence-corrected chi connectivity index (χ0v) is 25.9. The van der Waals surface area contributed by atoms with Gasteiger partial charge in [-0.1, -0.05) is 35.9 Å². The molecule has 0 atom stereocenters. The highest BCUT2D eigenvalue weighted by molar-refractivity contribution is 6.34. The van der Waals surface area contributed by atoms with Gasteiger partial charge in [0.1, 0.15) is 0 Å². The molecule has 4 aromatic carbocycles. The van der Waals surface area contributed by atoms with E-state index in [2.05, 4.69) is 0 Å². The van der Waals surface area contributed by atoms with Gasteiger partial charge >= 0.3 is 18.5 Å². The Kier molecular flexibility index (Phi) is 7.58. The standard InChI is InChI=1S/C35H21F9N2O4/c1-16-4-8-22(27(12-16)33(36,37)38)21-11-7-20(13-17(21)2)46-30(49)24-10-6-19(15-26(24)31(46)50)32(34(39,40)41,35(42,43)44)18-5-9-23-25(14-18)29(48)45(3)28(23)47/h4-15H,1-3H3. The Hall–Kier alpha value is -5.47. The van der Waals surface area contributed by atoms with Crippen LogP contribution in [0.4, 0.5) is 45.2 Å². The largest absolute Gasteiger partial charge is 0.417 e. The predicted molar refractivity (Wildman–Crippen MR) is 160 cm³/mol. The molecule has 4 amide bonds.